The van der Waals surface area contributed by atoms with Gasteiger partial charge in [-0.3, -0.25) is 4.79 Å². The number of nitrogens with zero attached hydrogens (tertiary/aromatic N) is 2. The normalized spacial score (nSPS) is 16.6. The van der Waals surface area contributed by atoms with Crippen LogP contribution < -0.4 is 5.73 Å². The van der Waals surface area contributed by atoms with Gasteiger partial charge in [0.2, 0.25) is 0 Å². The molecule has 1 fully saturated rings. The SMILES string of the molecule is NC1CN(C(=O)c2ccc(Br)cn2)C1. The molecule has 2 N–H and O–H groups in total. The van der Waals surface area contributed by atoms with Gasteiger partial charge in [-0.05, 0) is 28.1 Å². The summed E-state index contributed by atoms with van der Waals surface area (Å²) in [7, 11) is 0. The van der Waals surface area contributed by atoms with Gasteiger partial charge < -0.3 is 10.6 Å². The molecule has 1 aromatic heterocycles. The van der Waals surface area contributed by atoms with E-state index in [4.69, 9.17) is 5.73 Å². The molecule has 0 aliphatic carbocycles. The molecule has 2 heterocycles. The van der Waals surface area contributed by atoms with Gasteiger partial charge in [0.05, 0.1) is 0 Å². The molecule has 0 atom stereocenters. The summed E-state index contributed by atoms with van der Waals surface area (Å²) < 4.78 is 0.870. The predicted molar refractivity (Wildman–Crippen MR) is 55.8 cm³/mol. The van der Waals surface area contributed by atoms with Crippen LogP contribution in [0.4, 0.5) is 0 Å². The molecule has 1 amide bonds. The van der Waals surface area contributed by atoms with E-state index in [0.717, 1.165) is 4.47 Å². The molecule has 0 bridgehead atoms. The van der Waals surface area contributed by atoms with Gasteiger partial charge in [-0.25, -0.2) is 4.98 Å². The molecule has 0 unspecified atom stereocenters. The Morgan fingerprint density at radius 2 is 2.29 bits per heavy atom. The van der Waals surface area contributed by atoms with Crippen LogP contribution in [0.2, 0.25) is 0 Å². The zero-order valence-corrected chi connectivity index (χ0v) is 9.07. The minimum Gasteiger partial charge on any atom is -0.334 e. The lowest BCUT2D eigenvalue weighted by molar-refractivity contribution is 0.0602. The van der Waals surface area contributed by atoms with Crippen molar-refractivity contribution < 1.29 is 4.79 Å². The number of carbonyl (C=O) groups excluding carboxylic acids is 1. The van der Waals surface area contributed by atoms with Gasteiger partial charge in [0, 0.05) is 29.8 Å². The average molecular weight is 256 g/mol. The molecular formula is C9H10BrN3O. The maximum Gasteiger partial charge on any atom is 0.272 e. The lowest BCUT2D eigenvalue weighted by Crippen LogP contribution is -2.57. The fraction of sp³-hybridized carbons (Fsp3) is 0.333. The molecule has 0 saturated carbocycles. The van der Waals surface area contributed by atoms with Crippen molar-refractivity contribution in [1.29, 1.82) is 0 Å². The van der Waals surface area contributed by atoms with Crippen LogP contribution in [0.3, 0.4) is 0 Å². The van der Waals surface area contributed by atoms with E-state index in [2.05, 4.69) is 20.9 Å². The van der Waals surface area contributed by atoms with E-state index in [1.807, 2.05) is 0 Å². The lowest BCUT2D eigenvalue weighted by atomic mass is 10.1. The third-order valence-electron chi connectivity index (χ3n) is 2.14. The van der Waals surface area contributed by atoms with Crippen molar-refractivity contribution in [3.05, 3.63) is 28.5 Å². The molecule has 4 nitrogen and oxygen atoms in total. The van der Waals surface area contributed by atoms with Crippen LogP contribution in [-0.2, 0) is 0 Å². The molecule has 14 heavy (non-hydrogen) atoms. The Morgan fingerprint density at radius 1 is 1.57 bits per heavy atom. The highest BCUT2D eigenvalue weighted by atomic mass is 79.9. The van der Waals surface area contributed by atoms with E-state index in [0.29, 0.717) is 18.8 Å². The zero-order chi connectivity index (χ0) is 10.1. The maximum atomic E-state index is 11.7. The van der Waals surface area contributed by atoms with Gasteiger partial charge in [0.25, 0.3) is 5.91 Å². The van der Waals surface area contributed by atoms with E-state index in [9.17, 15) is 4.79 Å². The van der Waals surface area contributed by atoms with E-state index in [1.54, 1.807) is 23.2 Å². The number of carbonyl (C=O) groups is 1. The number of likely N-dealkylation sites (tertiary alicyclic amines) is 1. The molecule has 1 aliphatic rings. The van der Waals surface area contributed by atoms with Gasteiger partial charge in [-0.15, -0.1) is 0 Å². The number of amides is 1. The van der Waals surface area contributed by atoms with Crippen molar-refractivity contribution in [2.75, 3.05) is 13.1 Å². The quantitative estimate of drug-likeness (QED) is 0.801. The second-order valence-electron chi connectivity index (χ2n) is 3.33. The summed E-state index contributed by atoms with van der Waals surface area (Å²) in [5.74, 6) is -0.0424. The average Bonchev–Trinajstić information content (AvgIpc) is 2.13. The second kappa shape index (κ2) is 3.67. The zero-order valence-electron chi connectivity index (χ0n) is 7.48. The summed E-state index contributed by atoms with van der Waals surface area (Å²) in [4.78, 5) is 17.4. The van der Waals surface area contributed by atoms with Crippen LogP contribution >= 0.6 is 15.9 Å². The molecule has 0 radical (unpaired) electrons. The molecule has 1 aliphatic heterocycles. The number of hydrogen-bond donors (Lipinski definition) is 1. The van der Waals surface area contributed by atoms with Crippen molar-refractivity contribution in [2.24, 2.45) is 5.73 Å². The first-order valence-electron chi connectivity index (χ1n) is 4.33. The summed E-state index contributed by atoms with van der Waals surface area (Å²) in [5, 5.41) is 0. The highest BCUT2D eigenvalue weighted by Gasteiger charge is 2.28. The summed E-state index contributed by atoms with van der Waals surface area (Å²) in [6.45, 7) is 1.27. The van der Waals surface area contributed by atoms with Gasteiger partial charge in [-0.1, -0.05) is 0 Å². The van der Waals surface area contributed by atoms with Crippen LogP contribution in [0, 0.1) is 0 Å². The Hall–Kier alpha value is -0.940. The number of nitrogens with two attached hydrogens (primary N) is 1. The fourth-order valence-corrected chi connectivity index (χ4v) is 1.58. The largest absolute Gasteiger partial charge is 0.334 e. The molecule has 5 heteroatoms. The summed E-state index contributed by atoms with van der Waals surface area (Å²) in [5.41, 5.74) is 6.06. The third kappa shape index (κ3) is 1.78. The first-order valence-corrected chi connectivity index (χ1v) is 5.12. The highest BCUT2D eigenvalue weighted by Crippen LogP contribution is 2.12. The summed E-state index contributed by atoms with van der Waals surface area (Å²) in [6, 6.07) is 3.64. The maximum absolute atomic E-state index is 11.7. The van der Waals surface area contributed by atoms with Crippen molar-refractivity contribution in [2.45, 2.75) is 6.04 Å². The van der Waals surface area contributed by atoms with Crippen molar-refractivity contribution in [1.82, 2.24) is 9.88 Å². The first kappa shape index (κ1) is 9.61. The van der Waals surface area contributed by atoms with Gasteiger partial charge >= 0.3 is 0 Å². The van der Waals surface area contributed by atoms with E-state index >= 15 is 0 Å². The molecule has 2 rings (SSSR count). The third-order valence-corrected chi connectivity index (χ3v) is 2.61. The van der Waals surface area contributed by atoms with Gasteiger partial charge in [0.1, 0.15) is 5.69 Å². The van der Waals surface area contributed by atoms with Crippen LogP contribution in [0.15, 0.2) is 22.8 Å². The molecule has 1 saturated heterocycles. The van der Waals surface area contributed by atoms with Crippen molar-refractivity contribution in [3.8, 4) is 0 Å². The first-order chi connectivity index (χ1) is 6.66. The van der Waals surface area contributed by atoms with Crippen molar-refractivity contribution in [3.63, 3.8) is 0 Å². The Bertz CT molecular complexity index is 346. The minimum atomic E-state index is -0.0424. The number of rotatable bonds is 1. The Balaban J connectivity index is 2.08. The molecule has 0 spiro atoms. The lowest BCUT2D eigenvalue weighted by Gasteiger charge is -2.36. The van der Waals surface area contributed by atoms with Crippen LogP contribution in [0.1, 0.15) is 10.5 Å². The van der Waals surface area contributed by atoms with Crippen LogP contribution in [0.5, 0.6) is 0 Å². The fourth-order valence-electron chi connectivity index (χ4n) is 1.34. The number of aromatic nitrogens is 1. The Kier molecular flexibility index (Phi) is 2.52. The van der Waals surface area contributed by atoms with E-state index < -0.39 is 0 Å². The van der Waals surface area contributed by atoms with E-state index in [-0.39, 0.29) is 11.9 Å². The molecule has 74 valence electrons. The summed E-state index contributed by atoms with van der Waals surface area (Å²) >= 11 is 3.26. The Labute approximate surface area is 90.2 Å². The van der Waals surface area contributed by atoms with Gasteiger partial charge in [-0.2, -0.15) is 0 Å². The van der Waals surface area contributed by atoms with Crippen LogP contribution in [0.25, 0.3) is 0 Å². The molecule has 1 aromatic rings. The minimum absolute atomic E-state index is 0.0424. The molecule has 0 aromatic carbocycles. The smallest absolute Gasteiger partial charge is 0.272 e. The number of halogens is 1. The highest BCUT2D eigenvalue weighted by molar-refractivity contribution is 9.10. The van der Waals surface area contributed by atoms with Crippen LogP contribution in [-0.4, -0.2) is 34.9 Å². The summed E-state index contributed by atoms with van der Waals surface area (Å²) in [6.07, 6.45) is 1.62. The van der Waals surface area contributed by atoms with Gasteiger partial charge in [0.15, 0.2) is 0 Å². The standard InChI is InChI=1S/C9H10BrN3O/c10-6-1-2-8(12-3-6)9(14)13-4-7(11)5-13/h1-3,7H,4-5,11H2. The topological polar surface area (TPSA) is 59.2 Å². The molecular weight excluding hydrogens is 246 g/mol. The number of pyridine rings is 1. The number of hydrogen-bond acceptors (Lipinski definition) is 3. The monoisotopic (exact) mass is 255 g/mol. The predicted octanol–water partition coefficient (Wildman–Crippen LogP) is 0.627. The van der Waals surface area contributed by atoms with E-state index in [1.165, 1.54) is 0 Å². The second-order valence-corrected chi connectivity index (χ2v) is 4.25. The Morgan fingerprint density at radius 3 is 2.79 bits per heavy atom. The van der Waals surface area contributed by atoms with Crippen molar-refractivity contribution >= 4 is 21.8 Å².